The van der Waals surface area contributed by atoms with Gasteiger partial charge in [0.1, 0.15) is 11.1 Å². The Morgan fingerprint density at radius 1 is 1.27 bits per heavy atom. The summed E-state index contributed by atoms with van der Waals surface area (Å²) in [6, 6.07) is 4.52. The number of hydrogen-bond acceptors (Lipinski definition) is 0. The fourth-order valence-electron chi connectivity index (χ4n) is 2.40. The summed E-state index contributed by atoms with van der Waals surface area (Å²) >= 11 is 0. The Morgan fingerprint density at radius 2 is 2.20 bits per heavy atom. The fraction of sp³-hybridized carbons (Fsp3) is 0.200. The molecule has 0 spiro atoms. The van der Waals surface area contributed by atoms with E-state index in [9.17, 15) is 0 Å². The van der Waals surface area contributed by atoms with E-state index in [0.29, 0.717) is 0 Å². The molecule has 0 radical (unpaired) electrons. The highest BCUT2D eigenvalue weighted by atomic mass is 14.2. The molecule has 0 heteroatoms. The van der Waals surface area contributed by atoms with Crippen LogP contribution < -0.4 is 0 Å². The number of benzene rings is 1. The lowest BCUT2D eigenvalue weighted by Gasteiger charge is -2.12. The number of allylic oxidation sites excluding steroid dienone is 3. The van der Waals surface area contributed by atoms with Gasteiger partial charge in [-0.2, -0.15) is 0 Å². The van der Waals surface area contributed by atoms with Crippen molar-refractivity contribution in [2.45, 2.75) is 19.8 Å². The van der Waals surface area contributed by atoms with Crippen molar-refractivity contribution in [3.63, 3.8) is 0 Å². The molecule has 1 aromatic rings. The summed E-state index contributed by atoms with van der Waals surface area (Å²) in [6.07, 6.45) is 13.3. The molecule has 2 aliphatic rings. The highest BCUT2D eigenvalue weighted by molar-refractivity contribution is 5.66. The van der Waals surface area contributed by atoms with Crippen molar-refractivity contribution in [2.24, 2.45) is 0 Å². The minimum absolute atomic E-state index is 1.09. The molecule has 0 bridgehead atoms. The Bertz CT molecular complexity index is 461. The van der Waals surface area contributed by atoms with E-state index in [2.05, 4.69) is 50.1 Å². The highest BCUT2D eigenvalue weighted by Crippen LogP contribution is 2.31. The summed E-state index contributed by atoms with van der Waals surface area (Å²) in [5, 5.41) is 0. The first kappa shape index (κ1) is 8.72. The molecule has 0 heterocycles. The fourth-order valence-corrected chi connectivity index (χ4v) is 2.40. The molecule has 2 aliphatic carbocycles. The first-order chi connectivity index (χ1) is 7.34. The van der Waals surface area contributed by atoms with Crippen LogP contribution in [0.4, 0.5) is 0 Å². The van der Waals surface area contributed by atoms with E-state index < -0.39 is 0 Å². The van der Waals surface area contributed by atoms with Gasteiger partial charge in [-0.25, -0.2) is 0 Å². The molecule has 0 nitrogen and oxygen atoms in total. The van der Waals surface area contributed by atoms with Crippen LogP contribution in [0.2, 0.25) is 0 Å². The van der Waals surface area contributed by atoms with Crippen LogP contribution in [0, 0.1) is 12.8 Å². The van der Waals surface area contributed by atoms with Gasteiger partial charge in [-0.1, -0.05) is 0 Å². The number of hydrogen-bond donors (Lipinski definition) is 0. The molecule has 0 saturated carbocycles. The summed E-state index contributed by atoms with van der Waals surface area (Å²) in [5.41, 5.74) is 7.29. The minimum Gasteiger partial charge on any atom is -0.0104 e. The summed E-state index contributed by atoms with van der Waals surface area (Å²) in [7, 11) is 0. The maximum atomic E-state index is 2.26. The van der Waals surface area contributed by atoms with Crippen molar-refractivity contribution < 1.29 is 0 Å². The van der Waals surface area contributed by atoms with E-state index in [0.717, 1.165) is 12.8 Å². The molecular weight excluding hydrogens is 180 g/mol. The molecule has 1 aromatic carbocycles. The third-order valence-corrected chi connectivity index (χ3v) is 3.22. The standard InChI is InChI=1S/C15H14/c1-11-6-7-13-9-8-12-4-2-3-5-14(12)15(13)10-11/h2-3,5-9H,4,10H2,1H3/q+2. The topological polar surface area (TPSA) is 0 Å². The zero-order valence-electron chi connectivity index (χ0n) is 8.96. The molecule has 15 heavy (non-hydrogen) atoms. The van der Waals surface area contributed by atoms with Crippen LogP contribution in [0.3, 0.4) is 0 Å². The van der Waals surface area contributed by atoms with Crippen LogP contribution in [-0.2, 0) is 12.8 Å². The molecule has 0 aromatic heterocycles. The lowest BCUT2D eigenvalue weighted by atomic mass is 9.83. The van der Waals surface area contributed by atoms with Crippen molar-refractivity contribution in [3.05, 3.63) is 65.0 Å². The molecule has 0 amide bonds. The van der Waals surface area contributed by atoms with Gasteiger partial charge in [-0.15, -0.1) is 0 Å². The molecule has 3 rings (SSSR count). The number of fused-ring (bicyclic) bond motifs is 3. The average Bonchev–Trinajstić information content (AvgIpc) is 2.29. The smallest absolute Gasteiger partial charge is 0.0104 e. The van der Waals surface area contributed by atoms with E-state index in [1.54, 1.807) is 0 Å². The zero-order chi connectivity index (χ0) is 10.3. The summed E-state index contributed by atoms with van der Waals surface area (Å²) in [6.45, 7) is 2.21. The highest BCUT2D eigenvalue weighted by Gasteiger charge is 2.25. The Hall–Kier alpha value is -1.56. The molecule has 0 unspecified atom stereocenters. The third-order valence-electron chi connectivity index (χ3n) is 3.22. The van der Waals surface area contributed by atoms with Gasteiger partial charge in [0, 0.05) is 36.1 Å². The Kier molecular flexibility index (Phi) is 1.88. The van der Waals surface area contributed by atoms with Gasteiger partial charge in [0.2, 0.25) is 0 Å². The predicted molar refractivity (Wildman–Crippen MR) is 64.3 cm³/mol. The van der Waals surface area contributed by atoms with Gasteiger partial charge in [0.15, 0.2) is 0 Å². The van der Waals surface area contributed by atoms with Crippen LogP contribution in [0.25, 0.3) is 6.08 Å². The van der Waals surface area contributed by atoms with Gasteiger partial charge < -0.3 is 0 Å². The second kappa shape index (κ2) is 3.23. The van der Waals surface area contributed by atoms with Crippen LogP contribution in [0.15, 0.2) is 29.9 Å². The largest absolute Gasteiger partial charge is 0.110 e. The Balaban J connectivity index is 2.17. The van der Waals surface area contributed by atoms with Crippen LogP contribution >= 0.6 is 0 Å². The zero-order valence-corrected chi connectivity index (χ0v) is 8.96. The van der Waals surface area contributed by atoms with E-state index in [1.807, 2.05) is 0 Å². The van der Waals surface area contributed by atoms with Crippen molar-refractivity contribution in [3.8, 4) is 0 Å². The molecule has 72 valence electrons. The molecule has 0 saturated heterocycles. The van der Waals surface area contributed by atoms with E-state index >= 15 is 0 Å². The van der Waals surface area contributed by atoms with Crippen LogP contribution in [0.1, 0.15) is 29.2 Å². The second-order valence-electron chi connectivity index (χ2n) is 4.36. The van der Waals surface area contributed by atoms with Crippen molar-refractivity contribution in [1.82, 2.24) is 0 Å². The second-order valence-corrected chi connectivity index (χ2v) is 4.36. The van der Waals surface area contributed by atoms with Gasteiger partial charge in [0.25, 0.3) is 0 Å². The molecular formula is C15H14+2. The maximum absolute atomic E-state index is 2.26. The summed E-state index contributed by atoms with van der Waals surface area (Å²) < 4.78 is 0. The van der Waals surface area contributed by atoms with Crippen molar-refractivity contribution in [2.75, 3.05) is 0 Å². The Labute approximate surface area is 91.3 Å². The van der Waals surface area contributed by atoms with Crippen LogP contribution in [0.5, 0.6) is 0 Å². The van der Waals surface area contributed by atoms with Crippen molar-refractivity contribution in [1.29, 1.82) is 0 Å². The van der Waals surface area contributed by atoms with Gasteiger partial charge in [-0.3, -0.25) is 0 Å². The maximum Gasteiger partial charge on any atom is 0.110 e. The van der Waals surface area contributed by atoms with Gasteiger partial charge >= 0.3 is 0 Å². The lowest BCUT2D eigenvalue weighted by molar-refractivity contribution is 1.05. The van der Waals surface area contributed by atoms with Crippen LogP contribution in [-0.4, -0.2) is 0 Å². The quantitative estimate of drug-likeness (QED) is 0.554. The first-order valence-corrected chi connectivity index (χ1v) is 5.50. The summed E-state index contributed by atoms with van der Waals surface area (Å²) in [4.78, 5) is 0. The van der Waals surface area contributed by atoms with E-state index in [1.165, 1.54) is 27.8 Å². The van der Waals surface area contributed by atoms with E-state index in [-0.39, 0.29) is 0 Å². The summed E-state index contributed by atoms with van der Waals surface area (Å²) in [5.74, 6) is 0. The van der Waals surface area contributed by atoms with Crippen molar-refractivity contribution >= 4 is 6.08 Å². The predicted octanol–water partition coefficient (Wildman–Crippen LogP) is 3.51. The normalized spacial score (nSPS) is 17.0. The van der Waals surface area contributed by atoms with Gasteiger partial charge in [-0.05, 0) is 13.0 Å². The first-order valence-electron chi connectivity index (χ1n) is 5.50. The van der Waals surface area contributed by atoms with Gasteiger partial charge in [0.05, 0.1) is 30.6 Å². The molecule has 0 N–H and O–H groups in total. The average molecular weight is 194 g/mol. The molecule has 0 fully saturated rings. The Morgan fingerprint density at radius 3 is 3.13 bits per heavy atom. The molecule has 0 atom stereocenters. The lowest BCUT2D eigenvalue weighted by Crippen LogP contribution is -2.06. The molecule has 0 aliphatic heterocycles. The minimum atomic E-state index is 1.09. The monoisotopic (exact) mass is 194 g/mol. The number of rotatable bonds is 0. The van der Waals surface area contributed by atoms with E-state index in [4.69, 9.17) is 0 Å². The SMILES string of the molecule is CC1=C[CH+]c2ccc3c(c2C1)C=C[CH+]C3. The third kappa shape index (κ3) is 1.37.